The maximum Gasteiger partial charge on any atom is 0.306 e. The minimum Gasteiger partial charge on any atom is -0.462 e. The molecule has 0 aliphatic heterocycles. The predicted molar refractivity (Wildman–Crippen MR) is 316 cm³/mol. The number of ether oxygens (including phenoxy) is 3. The minimum absolute atomic E-state index is 0.0882. The van der Waals surface area contributed by atoms with E-state index in [4.69, 9.17) is 14.2 Å². The van der Waals surface area contributed by atoms with Crippen LogP contribution in [0.5, 0.6) is 0 Å². The molecule has 0 aromatic heterocycles. The number of hydrogen-bond donors (Lipinski definition) is 0. The number of unbranched alkanes of at least 4 members (excludes halogenated alkanes) is 22. The number of esters is 3. The molecule has 6 nitrogen and oxygen atoms in total. The standard InChI is InChI=1S/C67H110O6/c1-4-7-10-13-16-18-20-22-24-25-26-27-28-29-30-31-32-33-34-35-36-37-38-39-40-41-43-44-46-48-51-54-57-60-66(69)72-63-64(62-71-65(68)59-56-53-50-15-12-9-6-3)73-67(70)61-58-55-52-49-47-45-42-23-21-19-17-14-11-8-5-2/h7,10,16,18,22-24,26-27,29-30,32-33,35-36,38-39,41-43,64H,4-6,8-9,11-15,17,19-21,25,28,31,34,37,40,44-63H2,1-3H3/b10-7-,18-16-,24-22-,27-26-,30-29-,33-32-,36-35-,39-38-,42-23-,43-41-. The first-order chi connectivity index (χ1) is 36.0. The van der Waals surface area contributed by atoms with Crippen molar-refractivity contribution in [3.8, 4) is 0 Å². The quantitative estimate of drug-likeness (QED) is 0.0261. The van der Waals surface area contributed by atoms with E-state index in [9.17, 15) is 14.4 Å². The van der Waals surface area contributed by atoms with Gasteiger partial charge in [0.25, 0.3) is 0 Å². The molecular weight excluding hydrogens is 901 g/mol. The Balaban J connectivity index is 4.20. The van der Waals surface area contributed by atoms with E-state index in [1.165, 1.54) is 77.0 Å². The van der Waals surface area contributed by atoms with Crippen molar-refractivity contribution in [2.24, 2.45) is 0 Å². The Hall–Kier alpha value is -4.19. The van der Waals surface area contributed by atoms with Crippen molar-refractivity contribution < 1.29 is 28.6 Å². The van der Waals surface area contributed by atoms with Gasteiger partial charge in [0.1, 0.15) is 13.2 Å². The predicted octanol–water partition coefficient (Wildman–Crippen LogP) is 20.4. The number of allylic oxidation sites excluding steroid dienone is 20. The van der Waals surface area contributed by atoms with Crippen molar-refractivity contribution in [2.45, 2.75) is 271 Å². The van der Waals surface area contributed by atoms with Crippen LogP contribution in [0.2, 0.25) is 0 Å². The average molecular weight is 1010 g/mol. The molecule has 0 amide bonds. The summed E-state index contributed by atoms with van der Waals surface area (Å²) >= 11 is 0. The summed E-state index contributed by atoms with van der Waals surface area (Å²) in [7, 11) is 0. The topological polar surface area (TPSA) is 78.9 Å². The maximum atomic E-state index is 12.8. The third kappa shape index (κ3) is 58.6. The van der Waals surface area contributed by atoms with Gasteiger partial charge < -0.3 is 14.2 Å². The number of hydrogen-bond acceptors (Lipinski definition) is 6. The van der Waals surface area contributed by atoms with E-state index in [1.54, 1.807) is 0 Å². The second-order valence-corrected chi connectivity index (χ2v) is 19.5. The molecule has 6 heteroatoms. The van der Waals surface area contributed by atoms with Crippen molar-refractivity contribution in [3.05, 3.63) is 122 Å². The lowest BCUT2D eigenvalue weighted by Crippen LogP contribution is -2.30. The van der Waals surface area contributed by atoms with Crippen LogP contribution >= 0.6 is 0 Å². The molecule has 0 aromatic rings. The molecule has 0 N–H and O–H groups in total. The molecule has 0 aliphatic rings. The van der Waals surface area contributed by atoms with E-state index in [1.807, 2.05) is 0 Å². The Morgan fingerprint density at radius 2 is 0.534 bits per heavy atom. The number of carbonyl (C=O) groups excluding carboxylic acids is 3. The van der Waals surface area contributed by atoms with Gasteiger partial charge in [-0.05, 0) is 116 Å². The summed E-state index contributed by atoms with van der Waals surface area (Å²) in [5, 5.41) is 0. The van der Waals surface area contributed by atoms with Gasteiger partial charge >= 0.3 is 17.9 Å². The summed E-state index contributed by atoms with van der Waals surface area (Å²) in [6.07, 6.45) is 83.6. The van der Waals surface area contributed by atoms with Gasteiger partial charge in [0, 0.05) is 19.3 Å². The van der Waals surface area contributed by atoms with Crippen molar-refractivity contribution in [2.75, 3.05) is 13.2 Å². The van der Waals surface area contributed by atoms with E-state index in [0.29, 0.717) is 19.3 Å². The second kappa shape index (κ2) is 60.4. The van der Waals surface area contributed by atoms with E-state index >= 15 is 0 Å². The Labute approximate surface area is 450 Å². The van der Waals surface area contributed by atoms with Gasteiger partial charge in [-0.1, -0.05) is 251 Å². The molecule has 0 radical (unpaired) electrons. The van der Waals surface area contributed by atoms with Crippen LogP contribution in [0, 0.1) is 0 Å². The fourth-order valence-corrected chi connectivity index (χ4v) is 7.96. The van der Waals surface area contributed by atoms with Crippen LogP contribution in [0.3, 0.4) is 0 Å². The van der Waals surface area contributed by atoms with E-state index in [2.05, 4.69) is 142 Å². The molecule has 1 unspecified atom stereocenters. The van der Waals surface area contributed by atoms with Gasteiger partial charge in [-0.25, -0.2) is 0 Å². The third-order valence-electron chi connectivity index (χ3n) is 12.5. The van der Waals surface area contributed by atoms with Crippen LogP contribution in [0.4, 0.5) is 0 Å². The normalized spacial score (nSPS) is 13.0. The van der Waals surface area contributed by atoms with Crippen molar-refractivity contribution in [1.29, 1.82) is 0 Å². The van der Waals surface area contributed by atoms with Crippen molar-refractivity contribution in [1.82, 2.24) is 0 Å². The molecule has 0 rings (SSSR count). The highest BCUT2D eigenvalue weighted by molar-refractivity contribution is 5.71. The summed E-state index contributed by atoms with van der Waals surface area (Å²) in [6, 6.07) is 0. The minimum atomic E-state index is -0.789. The Kier molecular flexibility index (Phi) is 56.9. The zero-order valence-corrected chi connectivity index (χ0v) is 47.4. The SMILES string of the molecule is CC/C=C\C/C=C\C/C=C\C/C=C\C/C=C\C/C=C\C/C=C\C/C=C\C/C=C\CCCCCCCC(=O)OCC(COC(=O)CCCCCCCCC)OC(=O)CCCCCCC/C=C\CCCCCCCC. The summed E-state index contributed by atoms with van der Waals surface area (Å²) in [5.41, 5.74) is 0. The Morgan fingerprint density at radius 1 is 0.288 bits per heavy atom. The Morgan fingerprint density at radius 3 is 0.849 bits per heavy atom. The lowest BCUT2D eigenvalue weighted by molar-refractivity contribution is -0.167. The monoisotopic (exact) mass is 1010 g/mol. The highest BCUT2D eigenvalue weighted by Crippen LogP contribution is 2.14. The van der Waals surface area contributed by atoms with E-state index in [-0.39, 0.29) is 31.1 Å². The molecule has 0 heterocycles. The van der Waals surface area contributed by atoms with Gasteiger partial charge in [-0.2, -0.15) is 0 Å². The van der Waals surface area contributed by atoms with E-state index in [0.717, 1.165) is 148 Å². The van der Waals surface area contributed by atoms with Crippen LogP contribution < -0.4 is 0 Å². The van der Waals surface area contributed by atoms with Gasteiger partial charge in [0.2, 0.25) is 0 Å². The first-order valence-corrected chi connectivity index (χ1v) is 30.0. The molecule has 0 saturated heterocycles. The molecule has 0 bridgehead atoms. The molecule has 1 atom stereocenters. The summed E-state index contributed by atoms with van der Waals surface area (Å²) in [6.45, 7) is 6.45. The molecule has 0 fully saturated rings. The largest absolute Gasteiger partial charge is 0.462 e. The molecule has 0 aromatic carbocycles. The first kappa shape index (κ1) is 68.8. The first-order valence-electron chi connectivity index (χ1n) is 30.0. The van der Waals surface area contributed by atoms with Crippen molar-refractivity contribution in [3.63, 3.8) is 0 Å². The Bertz CT molecular complexity index is 1540. The highest BCUT2D eigenvalue weighted by Gasteiger charge is 2.19. The molecular formula is C67H110O6. The zero-order valence-electron chi connectivity index (χ0n) is 47.4. The van der Waals surface area contributed by atoms with Gasteiger partial charge in [-0.3, -0.25) is 14.4 Å². The van der Waals surface area contributed by atoms with Crippen LogP contribution in [0.25, 0.3) is 0 Å². The molecule has 73 heavy (non-hydrogen) atoms. The molecule has 0 saturated carbocycles. The fourth-order valence-electron chi connectivity index (χ4n) is 7.96. The lowest BCUT2D eigenvalue weighted by Gasteiger charge is -2.18. The zero-order chi connectivity index (χ0) is 52.9. The van der Waals surface area contributed by atoms with Gasteiger partial charge in [-0.15, -0.1) is 0 Å². The molecule has 414 valence electrons. The van der Waals surface area contributed by atoms with E-state index < -0.39 is 6.10 Å². The van der Waals surface area contributed by atoms with Gasteiger partial charge in [0.15, 0.2) is 6.10 Å². The second-order valence-electron chi connectivity index (χ2n) is 19.5. The number of rotatable bonds is 53. The molecule has 0 aliphatic carbocycles. The molecule has 0 spiro atoms. The number of carbonyl (C=O) groups is 3. The third-order valence-corrected chi connectivity index (χ3v) is 12.5. The van der Waals surface area contributed by atoms with Crippen LogP contribution in [0.15, 0.2) is 122 Å². The lowest BCUT2D eigenvalue weighted by atomic mass is 10.1. The van der Waals surface area contributed by atoms with Crippen LogP contribution in [0.1, 0.15) is 265 Å². The summed E-state index contributed by atoms with van der Waals surface area (Å²) < 4.78 is 16.8. The van der Waals surface area contributed by atoms with Crippen LogP contribution in [-0.2, 0) is 28.6 Å². The smallest absolute Gasteiger partial charge is 0.306 e. The van der Waals surface area contributed by atoms with Gasteiger partial charge in [0.05, 0.1) is 0 Å². The highest BCUT2D eigenvalue weighted by atomic mass is 16.6. The average Bonchev–Trinajstić information content (AvgIpc) is 3.39. The summed E-state index contributed by atoms with van der Waals surface area (Å²) in [4.78, 5) is 37.9. The summed E-state index contributed by atoms with van der Waals surface area (Å²) in [5.74, 6) is -0.924. The van der Waals surface area contributed by atoms with Crippen molar-refractivity contribution >= 4 is 17.9 Å². The van der Waals surface area contributed by atoms with Crippen LogP contribution in [-0.4, -0.2) is 37.2 Å². The fraction of sp³-hybridized carbons (Fsp3) is 0.657. The maximum absolute atomic E-state index is 12.8.